The summed E-state index contributed by atoms with van der Waals surface area (Å²) in [5.41, 5.74) is 0. The predicted octanol–water partition coefficient (Wildman–Crippen LogP) is 3.93. The molecule has 0 aromatic heterocycles. The average Bonchev–Trinajstić information content (AvgIpc) is 3.31. The molecule has 0 spiro atoms. The molecule has 2 N–H and O–H groups in total. The summed E-state index contributed by atoms with van der Waals surface area (Å²) in [4.78, 5) is 11.1. The van der Waals surface area contributed by atoms with Crippen LogP contribution in [0.5, 0.6) is 0 Å². The number of aliphatic imine (C=N–C) groups is 2. The zero-order valence-electron chi connectivity index (χ0n) is 18.3. The first kappa shape index (κ1) is 22.2. The molecule has 0 amide bonds. The van der Waals surface area contributed by atoms with Gasteiger partial charge in [-0.25, -0.2) is 4.99 Å². The van der Waals surface area contributed by atoms with Gasteiger partial charge in [-0.05, 0) is 19.3 Å². The van der Waals surface area contributed by atoms with Crippen LogP contribution < -0.4 is 5.32 Å². The van der Waals surface area contributed by atoms with Gasteiger partial charge in [0.2, 0.25) is 0 Å². The highest BCUT2D eigenvalue weighted by molar-refractivity contribution is 5.97. The van der Waals surface area contributed by atoms with Crippen molar-refractivity contribution in [3.8, 4) is 0 Å². The molecule has 3 heterocycles. The number of nitrogens with one attached hydrogen (secondary N) is 2. The van der Waals surface area contributed by atoms with Crippen LogP contribution in [0.1, 0.15) is 78.6 Å². The quantitative estimate of drug-likeness (QED) is 0.482. The van der Waals surface area contributed by atoms with Crippen LogP contribution in [0.4, 0.5) is 0 Å². The van der Waals surface area contributed by atoms with Crippen molar-refractivity contribution >= 4 is 18.5 Å². The first-order valence-electron chi connectivity index (χ1n) is 11.7. The molecule has 7 nitrogen and oxygen atoms in total. The lowest BCUT2D eigenvalue weighted by Gasteiger charge is -2.34. The van der Waals surface area contributed by atoms with Gasteiger partial charge in [0.25, 0.3) is 0 Å². The Morgan fingerprint density at radius 1 is 1.07 bits per heavy atom. The van der Waals surface area contributed by atoms with Gasteiger partial charge in [-0.1, -0.05) is 59.3 Å². The van der Waals surface area contributed by atoms with Crippen LogP contribution in [0, 0.1) is 11.3 Å². The molecule has 164 valence electrons. The van der Waals surface area contributed by atoms with Crippen molar-refractivity contribution in [2.45, 2.75) is 109 Å². The van der Waals surface area contributed by atoms with Gasteiger partial charge in [0.05, 0.1) is 18.8 Å². The molecule has 3 unspecified atom stereocenters. The molecule has 0 aliphatic carbocycles. The standard InChI is InChI=1S/C22H39N5O2/c1-4-7-8-9-10-11-12-13-28-19-16(5-2)17(6-3)29-22(19)27-15-26-18-20(23)24-14-25-21(18)27/h14-19,21-22H,4-13H2,1-3H3,(H2,23,24,25)/t16?,17-,18?,19+,21?,22-/m1/s1. The van der Waals surface area contributed by atoms with Gasteiger partial charge < -0.3 is 19.7 Å². The Morgan fingerprint density at radius 2 is 1.83 bits per heavy atom. The second-order valence-electron chi connectivity index (χ2n) is 8.41. The first-order chi connectivity index (χ1) is 14.2. The molecule has 1 saturated heterocycles. The van der Waals surface area contributed by atoms with Crippen LogP contribution in [0.2, 0.25) is 0 Å². The van der Waals surface area contributed by atoms with Crippen molar-refractivity contribution in [1.82, 2.24) is 10.2 Å². The van der Waals surface area contributed by atoms with Crippen molar-refractivity contribution in [1.29, 1.82) is 5.41 Å². The molecule has 3 rings (SSSR count). The van der Waals surface area contributed by atoms with Crippen LogP contribution >= 0.6 is 0 Å². The number of ether oxygens (including phenoxy) is 2. The van der Waals surface area contributed by atoms with Crippen LogP contribution in [-0.4, -0.2) is 60.7 Å². The van der Waals surface area contributed by atoms with E-state index in [4.69, 9.17) is 14.9 Å². The summed E-state index contributed by atoms with van der Waals surface area (Å²) in [6.45, 7) is 7.45. The molecule has 0 bridgehead atoms. The third-order valence-corrected chi connectivity index (χ3v) is 6.41. The van der Waals surface area contributed by atoms with Gasteiger partial charge in [0, 0.05) is 12.5 Å². The van der Waals surface area contributed by atoms with Crippen molar-refractivity contribution in [2.75, 3.05) is 6.61 Å². The zero-order valence-corrected chi connectivity index (χ0v) is 18.3. The Morgan fingerprint density at radius 3 is 2.55 bits per heavy atom. The highest BCUT2D eigenvalue weighted by atomic mass is 16.6. The number of unbranched alkanes of at least 4 members (excludes halogenated alkanes) is 6. The van der Waals surface area contributed by atoms with Crippen LogP contribution in [0.25, 0.3) is 0 Å². The Labute approximate surface area is 175 Å². The number of hydrogen-bond acceptors (Lipinski definition) is 6. The van der Waals surface area contributed by atoms with Gasteiger partial charge in [0.1, 0.15) is 18.0 Å². The Hall–Kier alpha value is -1.47. The lowest BCUT2D eigenvalue weighted by Crippen LogP contribution is -2.53. The van der Waals surface area contributed by atoms with Crippen molar-refractivity contribution in [2.24, 2.45) is 15.9 Å². The van der Waals surface area contributed by atoms with E-state index in [0.29, 0.717) is 11.8 Å². The fourth-order valence-electron chi connectivity index (χ4n) is 4.72. The minimum Gasteiger partial charge on any atom is -0.373 e. The van der Waals surface area contributed by atoms with Crippen molar-refractivity contribution < 1.29 is 9.47 Å². The topological polar surface area (TPSA) is 82.3 Å². The summed E-state index contributed by atoms with van der Waals surface area (Å²) in [7, 11) is 0. The Bertz CT molecular complexity index is 582. The van der Waals surface area contributed by atoms with Crippen LogP contribution in [0.15, 0.2) is 9.98 Å². The molecule has 0 radical (unpaired) electrons. The molecule has 1 fully saturated rings. The third-order valence-electron chi connectivity index (χ3n) is 6.41. The molecule has 29 heavy (non-hydrogen) atoms. The fraction of sp³-hybridized carbons (Fsp3) is 0.864. The summed E-state index contributed by atoms with van der Waals surface area (Å²) in [6.07, 6.45) is 14.2. The van der Waals surface area contributed by atoms with E-state index in [2.05, 4.69) is 41.0 Å². The average molecular weight is 406 g/mol. The monoisotopic (exact) mass is 405 g/mol. The molecule has 3 aliphatic rings. The van der Waals surface area contributed by atoms with E-state index in [1.165, 1.54) is 38.5 Å². The Balaban J connectivity index is 1.57. The van der Waals surface area contributed by atoms with Gasteiger partial charge in [0.15, 0.2) is 12.4 Å². The smallest absolute Gasteiger partial charge is 0.159 e. The molecular formula is C22H39N5O2. The maximum atomic E-state index is 8.08. The highest BCUT2D eigenvalue weighted by Gasteiger charge is 2.50. The van der Waals surface area contributed by atoms with Crippen molar-refractivity contribution in [3.05, 3.63) is 0 Å². The molecule has 0 saturated carbocycles. The molecule has 0 aromatic carbocycles. The first-order valence-corrected chi connectivity index (χ1v) is 11.7. The van der Waals surface area contributed by atoms with Crippen LogP contribution in [-0.2, 0) is 9.47 Å². The summed E-state index contributed by atoms with van der Waals surface area (Å²) in [6, 6.07) is -0.270. The second kappa shape index (κ2) is 11.1. The van der Waals surface area contributed by atoms with E-state index in [0.717, 1.165) is 25.9 Å². The van der Waals surface area contributed by atoms with E-state index in [1.807, 2.05) is 6.34 Å². The largest absolute Gasteiger partial charge is 0.373 e. The SMILES string of the molecule is CCCCCCCCCO[C@H]1C(CC)[C@@H](CC)O[C@H]1N1C=NC2C(=N)NC=NC21. The Kier molecular flexibility index (Phi) is 8.48. The lowest BCUT2D eigenvalue weighted by atomic mass is 9.93. The summed E-state index contributed by atoms with van der Waals surface area (Å²) >= 11 is 0. The fourth-order valence-corrected chi connectivity index (χ4v) is 4.72. The zero-order chi connectivity index (χ0) is 20.6. The number of amidine groups is 1. The molecule has 0 aromatic rings. The van der Waals surface area contributed by atoms with Gasteiger partial charge in [-0.2, -0.15) is 0 Å². The van der Waals surface area contributed by atoms with E-state index in [1.54, 1.807) is 6.34 Å². The van der Waals surface area contributed by atoms with Gasteiger partial charge >= 0.3 is 0 Å². The molecule has 7 heteroatoms. The van der Waals surface area contributed by atoms with Gasteiger partial charge in [-0.3, -0.25) is 10.4 Å². The lowest BCUT2D eigenvalue weighted by molar-refractivity contribution is -0.0895. The summed E-state index contributed by atoms with van der Waals surface area (Å²) < 4.78 is 12.9. The number of hydrogen-bond donors (Lipinski definition) is 2. The molecule has 6 atom stereocenters. The minimum atomic E-state index is -0.270. The third kappa shape index (κ3) is 5.18. The number of fused-ring (bicyclic) bond motifs is 1. The maximum Gasteiger partial charge on any atom is 0.159 e. The van der Waals surface area contributed by atoms with E-state index < -0.39 is 0 Å². The summed E-state index contributed by atoms with van der Waals surface area (Å²) in [5.74, 6) is 0.772. The number of nitrogens with zero attached hydrogens (tertiary/aromatic N) is 3. The maximum absolute atomic E-state index is 8.08. The molecule has 3 aliphatic heterocycles. The van der Waals surface area contributed by atoms with Crippen LogP contribution in [0.3, 0.4) is 0 Å². The van der Waals surface area contributed by atoms with E-state index in [-0.39, 0.29) is 30.6 Å². The second-order valence-corrected chi connectivity index (χ2v) is 8.41. The van der Waals surface area contributed by atoms with E-state index in [9.17, 15) is 0 Å². The van der Waals surface area contributed by atoms with Crippen molar-refractivity contribution in [3.63, 3.8) is 0 Å². The van der Waals surface area contributed by atoms with E-state index >= 15 is 0 Å². The number of rotatable bonds is 12. The predicted molar refractivity (Wildman–Crippen MR) is 118 cm³/mol. The molecular weight excluding hydrogens is 366 g/mol. The highest BCUT2D eigenvalue weighted by Crippen LogP contribution is 2.37. The normalized spacial score (nSPS) is 33.3. The van der Waals surface area contributed by atoms with Gasteiger partial charge in [-0.15, -0.1) is 0 Å². The minimum absolute atomic E-state index is 0.0227. The summed E-state index contributed by atoms with van der Waals surface area (Å²) in [5, 5.41) is 10.9.